The lowest BCUT2D eigenvalue weighted by molar-refractivity contribution is -0.121. The Bertz CT molecular complexity index is 317. The third-order valence-electron chi connectivity index (χ3n) is 2.75. The molecule has 0 saturated heterocycles. The molecular formula is C13H17NO. The van der Waals surface area contributed by atoms with Crippen molar-refractivity contribution in [1.82, 2.24) is 5.32 Å². The molecule has 1 N–H and O–H groups in total. The molecular weight excluding hydrogens is 186 g/mol. The molecule has 1 aliphatic rings. The first-order valence-corrected chi connectivity index (χ1v) is 5.65. The molecule has 15 heavy (non-hydrogen) atoms. The average Bonchev–Trinajstić information content (AvgIpc) is 3.03. The molecule has 1 fully saturated rings. The molecule has 0 aromatic heterocycles. The van der Waals surface area contributed by atoms with Gasteiger partial charge >= 0.3 is 0 Å². The number of amides is 1. The van der Waals surface area contributed by atoms with Gasteiger partial charge in [0, 0.05) is 13.0 Å². The molecule has 1 aliphatic carbocycles. The van der Waals surface area contributed by atoms with Gasteiger partial charge in [0.15, 0.2) is 0 Å². The van der Waals surface area contributed by atoms with E-state index in [-0.39, 0.29) is 5.91 Å². The van der Waals surface area contributed by atoms with Crippen LogP contribution >= 0.6 is 0 Å². The Morgan fingerprint density at radius 1 is 1.27 bits per heavy atom. The highest BCUT2D eigenvalue weighted by Gasteiger charge is 2.23. The van der Waals surface area contributed by atoms with Gasteiger partial charge in [0.2, 0.25) is 5.91 Å². The average molecular weight is 203 g/mol. The topological polar surface area (TPSA) is 29.1 Å². The van der Waals surface area contributed by atoms with Crippen LogP contribution in [-0.2, 0) is 11.2 Å². The van der Waals surface area contributed by atoms with E-state index in [0.717, 1.165) is 19.4 Å². The third-order valence-corrected chi connectivity index (χ3v) is 2.75. The van der Waals surface area contributed by atoms with Gasteiger partial charge in [-0.2, -0.15) is 0 Å². The zero-order chi connectivity index (χ0) is 10.5. The quantitative estimate of drug-likeness (QED) is 0.780. The van der Waals surface area contributed by atoms with Crippen LogP contribution in [0.4, 0.5) is 0 Å². The van der Waals surface area contributed by atoms with E-state index in [1.807, 2.05) is 18.2 Å². The Morgan fingerprint density at radius 2 is 2.00 bits per heavy atom. The zero-order valence-electron chi connectivity index (χ0n) is 8.91. The molecule has 1 amide bonds. The highest BCUT2D eigenvalue weighted by molar-refractivity contribution is 5.76. The molecule has 0 aliphatic heterocycles. The Labute approximate surface area is 90.7 Å². The van der Waals surface area contributed by atoms with Crippen LogP contribution in [0.25, 0.3) is 0 Å². The van der Waals surface area contributed by atoms with Crippen molar-refractivity contribution in [2.75, 3.05) is 6.54 Å². The van der Waals surface area contributed by atoms with Crippen molar-refractivity contribution >= 4 is 5.91 Å². The van der Waals surface area contributed by atoms with Gasteiger partial charge in [-0.15, -0.1) is 0 Å². The fraction of sp³-hybridized carbons (Fsp3) is 0.462. The predicted octanol–water partition coefficient (Wildman–Crippen LogP) is 2.15. The van der Waals surface area contributed by atoms with Crippen molar-refractivity contribution in [3.8, 4) is 0 Å². The summed E-state index contributed by atoms with van der Waals surface area (Å²) in [7, 11) is 0. The van der Waals surface area contributed by atoms with Gasteiger partial charge < -0.3 is 5.32 Å². The lowest BCUT2D eigenvalue weighted by Gasteiger charge is -2.04. The maximum absolute atomic E-state index is 11.4. The molecule has 0 spiro atoms. The number of rotatable bonds is 5. The Balaban J connectivity index is 1.63. The molecule has 1 saturated carbocycles. The second-order valence-corrected chi connectivity index (χ2v) is 4.23. The smallest absolute Gasteiger partial charge is 0.220 e. The van der Waals surface area contributed by atoms with Crippen LogP contribution in [0.1, 0.15) is 24.8 Å². The summed E-state index contributed by atoms with van der Waals surface area (Å²) in [5.74, 6) is 0.898. The summed E-state index contributed by atoms with van der Waals surface area (Å²) in [5.41, 5.74) is 1.28. The summed E-state index contributed by atoms with van der Waals surface area (Å²) in [6.07, 6.45) is 4.14. The van der Waals surface area contributed by atoms with Crippen LogP contribution < -0.4 is 5.32 Å². The molecule has 1 aromatic carbocycles. The van der Waals surface area contributed by atoms with E-state index < -0.39 is 0 Å². The molecule has 2 rings (SSSR count). The van der Waals surface area contributed by atoms with E-state index in [4.69, 9.17) is 0 Å². The van der Waals surface area contributed by atoms with Crippen LogP contribution in [0.2, 0.25) is 0 Å². The number of carbonyl (C=O) groups excluding carboxylic acids is 1. The van der Waals surface area contributed by atoms with Crippen molar-refractivity contribution in [1.29, 1.82) is 0 Å². The normalized spacial score (nSPS) is 14.9. The van der Waals surface area contributed by atoms with Gasteiger partial charge in [-0.05, 0) is 30.7 Å². The van der Waals surface area contributed by atoms with Crippen molar-refractivity contribution in [3.05, 3.63) is 35.9 Å². The van der Waals surface area contributed by atoms with Gasteiger partial charge in [-0.3, -0.25) is 4.79 Å². The molecule has 80 valence electrons. The Kier molecular flexibility index (Phi) is 3.38. The molecule has 0 heterocycles. The van der Waals surface area contributed by atoms with Crippen LogP contribution in [0.5, 0.6) is 0 Å². The SMILES string of the molecule is O=C(CC1CC1)NCCc1ccccc1. The number of nitrogens with one attached hydrogen (secondary N) is 1. The van der Waals surface area contributed by atoms with Gasteiger partial charge in [0.05, 0.1) is 0 Å². The second kappa shape index (κ2) is 4.96. The molecule has 0 atom stereocenters. The van der Waals surface area contributed by atoms with Crippen LogP contribution in [-0.4, -0.2) is 12.5 Å². The molecule has 2 heteroatoms. The number of carbonyl (C=O) groups is 1. The first kappa shape index (κ1) is 10.2. The fourth-order valence-corrected chi connectivity index (χ4v) is 1.65. The van der Waals surface area contributed by atoms with Crippen molar-refractivity contribution < 1.29 is 4.79 Å². The fourth-order valence-electron chi connectivity index (χ4n) is 1.65. The molecule has 1 aromatic rings. The summed E-state index contributed by atoms with van der Waals surface area (Å²) < 4.78 is 0. The highest BCUT2D eigenvalue weighted by atomic mass is 16.1. The van der Waals surface area contributed by atoms with E-state index in [0.29, 0.717) is 5.92 Å². The van der Waals surface area contributed by atoms with E-state index in [9.17, 15) is 4.79 Å². The van der Waals surface area contributed by atoms with Crippen LogP contribution in [0, 0.1) is 5.92 Å². The van der Waals surface area contributed by atoms with Gasteiger partial charge in [-0.25, -0.2) is 0 Å². The maximum atomic E-state index is 11.4. The number of benzene rings is 1. The standard InChI is InChI=1S/C13H17NO/c15-13(10-12-6-7-12)14-9-8-11-4-2-1-3-5-11/h1-5,12H,6-10H2,(H,14,15). The van der Waals surface area contributed by atoms with Gasteiger partial charge in [-0.1, -0.05) is 30.3 Å². The zero-order valence-corrected chi connectivity index (χ0v) is 8.91. The minimum Gasteiger partial charge on any atom is -0.356 e. The van der Waals surface area contributed by atoms with Gasteiger partial charge in [0.1, 0.15) is 0 Å². The minimum absolute atomic E-state index is 0.216. The van der Waals surface area contributed by atoms with E-state index in [1.54, 1.807) is 0 Å². The molecule has 0 bridgehead atoms. The first-order valence-electron chi connectivity index (χ1n) is 5.65. The maximum Gasteiger partial charge on any atom is 0.220 e. The van der Waals surface area contributed by atoms with Crippen molar-refractivity contribution in [2.45, 2.75) is 25.7 Å². The molecule has 0 radical (unpaired) electrons. The van der Waals surface area contributed by atoms with Gasteiger partial charge in [0.25, 0.3) is 0 Å². The van der Waals surface area contributed by atoms with Crippen LogP contribution in [0.3, 0.4) is 0 Å². The van der Waals surface area contributed by atoms with E-state index in [1.165, 1.54) is 18.4 Å². The Morgan fingerprint density at radius 3 is 2.67 bits per heavy atom. The molecule has 2 nitrogen and oxygen atoms in total. The van der Waals surface area contributed by atoms with Crippen LogP contribution in [0.15, 0.2) is 30.3 Å². The minimum atomic E-state index is 0.216. The van der Waals surface area contributed by atoms with E-state index >= 15 is 0 Å². The second-order valence-electron chi connectivity index (χ2n) is 4.23. The van der Waals surface area contributed by atoms with E-state index in [2.05, 4.69) is 17.4 Å². The third kappa shape index (κ3) is 3.74. The van der Waals surface area contributed by atoms with Crippen molar-refractivity contribution in [2.24, 2.45) is 5.92 Å². The summed E-state index contributed by atoms with van der Waals surface area (Å²) >= 11 is 0. The number of hydrogen-bond donors (Lipinski definition) is 1. The summed E-state index contributed by atoms with van der Waals surface area (Å²) in [6, 6.07) is 10.2. The summed E-state index contributed by atoms with van der Waals surface area (Å²) in [4.78, 5) is 11.4. The lowest BCUT2D eigenvalue weighted by Crippen LogP contribution is -2.25. The predicted molar refractivity (Wildman–Crippen MR) is 60.5 cm³/mol. The largest absolute Gasteiger partial charge is 0.356 e. The first-order chi connectivity index (χ1) is 7.34. The highest BCUT2D eigenvalue weighted by Crippen LogP contribution is 2.31. The summed E-state index contributed by atoms with van der Waals surface area (Å²) in [5, 5.41) is 2.96. The Hall–Kier alpha value is -1.31. The number of hydrogen-bond acceptors (Lipinski definition) is 1. The van der Waals surface area contributed by atoms with Crippen molar-refractivity contribution in [3.63, 3.8) is 0 Å². The summed E-state index contributed by atoms with van der Waals surface area (Å²) in [6.45, 7) is 0.759. The monoisotopic (exact) mass is 203 g/mol. The lowest BCUT2D eigenvalue weighted by atomic mass is 10.1. The molecule has 0 unspecified atom stereocenters.